The van der Waals surface area contributed by atoms with Gasteiger partial charge in [0.1, 0.15) is 11.5 Å². The normalized spacial score (nSPS) is 10.7. The fourth-order valence-electron chi connectivity index (χ4n) is 1.72. The summed E-state index contributed by atoms with van der Waals surface area (Å²) in [4.78, 5) is 19.1. The van der Waals surface area contributed by atoms with Crippen LogP contribution in [0.15, 0.2) is 45.7 Å². The summed E-state index contributed by atoms with van der Waals surface area (Å²) in [6, 6.07) is 7.04. The Morgan fingerprint density at radius 2 is 1.84 bits per heavy atom. The van der Waals surface area contributed by atoms with Gasteiger partial charge in [-0.25, -0.2) is 0 Å². The molecule has 0 saturated heterocycles. The molecule has 1 aromatic carbocycles. The summed E-state index contributed by atoms with van der Waals surface area (Å²) in [6.45, 7) is 0. The Labute approximate surface area is 106 Å². The number of hydrogen-bond donors (Lipinski definition) is 2. The molecule has 0 atom stereocenters. The standard InChI is InChI=1S/C13H8N2O4/c16-8-3-1-7(2-4-8)10-5-9(17)12-11(19-10)6-14-13(18)15-12/h1-6,16H,(H,14,15,18). The van der Waals surface area contributed by atoms with Crippen LogP contribution in [-0.2, 0) is 0 Å². The van der Waals surface area contributed by atoms with Crippen LogP contribution in [0.5, 0.6) is 11.8 Å². The Bertz CT molecular complexity index is 809. The summed E-state index contributed by atoms with van der Waals surface area (Å²) >= 11 is 0. The Hall–Kier alpha value is -2.89. The molecular formula is C13H8N2O4. The second kappa shape index (κ2) is 4.09. The monoisotopic (exact) mass is 256 g/mol. The van der Waals surface area contributed by atoms with E-state index in [-0.39, 0.29) is 22.3 Å². The molecule has 19 heavy (non-hydrogen) atoms. The van der Waals surface area contributed by atoms with Crippen molar-refractivity contribution in [1.29, 1.82) is 0 Å². The number of hydrogen-bond acceptors (Lipinski definition) is 6. The minimum atomic E-state index is -0.475. The van der Waals surface area contributed by atoms with Crippen LogP contribution in [0, 0.1) is 0 Å². The van der Waals surface area contributed by atoms with Crippen LogP contribution in [-0.4, -0.2) is 20.2 Å². The van der Waals surface area contributed by atoms with E-state index in [1.165, 1.54) is 24.4 Å². The number of phenolic OH excluding ortho intramolecular Hbond substituents is 1. The Morgan fingerprint density at radius 1 is 1.11 bits per heavy atom. The van der Waals surface area contributed by atoms with E-state index in [0.29, 0.717) is 11.3 Å². The van der Waals surface area contributed by atoms with E-state index < -0.39 is 6.01 Å². The van der Waals surface area contributed by atoms with Gasteiger partial charge in [-0.1, -0.05) is 0 Å². The summed E-state index contributed by atoms with van der Waals surface area (Å²) in [7, 11) is 0. The molecule has 6 nitrogen and oxygen atoms in total. The van der Waals surface area contributed by atoms with Crippen LogP contribution in [0.1, 0.15) is 0 Å². The van der Waals surface area contributed by atoms with Crippen LogP contribution in [0.3, 0.4) is 0 Å². The molecule has 0 saturated carbocycles. The van der Waals surface area contributed by atoms with Gasteiger partial charge in [-0.3, -0.25) is 4.79 Å². The molecule has 3 aromatic rings. The lowest BCUT2D eigenvalue weighted by Crippen LogP contribution is -2.03. The van der Waals surface area contributed by atoms with E-state index in [9.17, 15) is 9.90 Å². The quantitative estimate of drug-likeness (QED) is 0.687. The van der Waals surface area contributed by atoms with E-state index in [1.54, 1.807) is 12.1 Å². The molecular weight excluding hydrogens is 248 g/mol. The fourth-order valence-corrected chi connectivity index (χ4v) is 1.72. The van der Waals surface area contributed by atoms with Gasteiger partial charge in [0, 0.05) is 11.6 Å². The average molecular weight is 256 g/mol. The molecule has 0 spiro atoms. The number of benzene rings is 1. The Kier molecular flexibility index (Phi) is 2.42. The second-order valence-electron chi connectivity index (χ2n) is 3.90. The number of phenols is 1. The maximum Gasteiger partial charge on any atom is 0.314 e. The van der Waals surface area contributed by atoms with Crippen LogP contribution < -0.4 is 5.43 Å². The highest BCUT2D eigenvalue weighted by Crippen LogP contribution is 2.23. The van der Waals surface area contributed by atoms with Gasteiger partial charge >= 0.3 is 6.01 Å². The fraction of sp³-hybridized carbons (Fsp3) is 0. The van der Waals surface area contributed by atoms with Crippen molar-refractivity contribution in [3.05, 3.63) is 46.8 Å². The highest BCUT2D eigenvalue weighted by Gasteiger charge is 2.09. The van der Waals surface area contributed by atoms with Gasteiger partial charge in [-0.2, -0.15) is 9.97 Å². The lowest BCUT2D eigenvalue weighted by atomic mass is 10.1. The molecule has 3 rings (SSSR count). The first-order chi connectivity index (χ1) is 9.13. The van der Waals surface area contributed by atoms with Gasteiger partial charge in [0.2, 0.25) is 5.43 Å². The number of aromatic hydroxyl groups is 2. The number of nitrogens with zero attached hydrogens (tertiary/aromatic N) is 2. The summed E-state index contributed by atoms with van der Waals surface area (Å²) in [5.74, 6) is 0.465. The Balaban J connectivity index is 2.24. The predicted octanol–water partition coefficient (Wildman–Crippen LogP) is 1.66. The third kappa shape index (κ3) is 1.99. The highest BCUT2D eigenvalue weighted by atomic mass is 16.3. The summed E-state index contributed by atoms with van der Waals surface area (Å²) in [6.07, 6.45) is 1.24. The lowest BCUT2D eigenvalue weighted by molar-refractivity contribution is 0.431. The van der Waals surface area contributed by atoms with Gasteiger partial charge < -0.3 is 14.6 Å². The topological polar surface area (TPSA) is 96.5 Å². The predicted molar refractivity (Wildman–Crippen MR) is 66.8 cm³/mol. The summed E-state index contributed by atoms with van der Waals surface area (Å²) < 4.78 is 5.51. The van der Waals surface area contributed by atoms with Crippen molar-refractivity contribution in [2.75, 3.05) is 0 Å². The number of aromatic nitrogens is 2. The molecule has 0 aliphatic carbocycles. The van der Waals surface area contributed by atoms with Crippen molar-refractivity contribution >= 4 is 11.1 Å². The van der Waals surface area contributed by atoms with E-state index in [1.807, 2.05) is 0 Å². The molecule has 0 radical (unpaired) electrons. The van der Waals surface area contributed by atoms with Crippen LogP contribution in [0.25, 0.3) is 22.4 Å². The van der Waals surface area contributed by atoms with Crippen LogP contribution >= 0.6 is 0 Å². The van der Waals surface area contributed by atoms with Crippen molar-refractivity contribution in [2.45, 2.75) is 0 Å². The van der Waals surface area contributed by atoms with Crippen molar-refractivity contribution < 1.29 is 14.6 Å². The summed E-state index contributed by atoms with van der Waals surface area (Å²) in [5, 5.41) is 18.4. The third-order valence-corrected chi connectivity index (χ3v) is 2.61. The van der Waals surface area contributed by atoms with Crippen LogP contribution in [0.4, 0.5) is 0 Å². The first-order valence-electron chi connectivity index (χ1n) is 5.43. The minimum Gasteiger partial charge on any atom is -0.508 e. The second-order valence-corrected chi connectivity index (χ2v) is 3.90. The van der Waals surface area contributed by atoms with Gasteiger partial charge in [-0.05, 0) is 24.3 Å². The molecule has 94 valence electrons. The molecule has 0 aliphatic heterocycles. The van der Waals surface area contributed by atoms with Gasteiger partial charge in [-0.15, -0.1) is 0 Å². The smallest absolute Gasteiger partial charge is 0.314 e. The van der Waals surface area contributed by atoms with Gasteiger partial charge in [0.15, 0.2) is 11.1 Å². The zero-order valence-corrected chi connectivity index (χ0v) is 9.57. The molecule has 0 fully saturated rings. The number of fused-ring (bicyclic) bond motifs is 1. The minimum absolute atomic E-state index is 0.0232. The van der Waals surface area contributed by atoms with E-state index in [2.05, 4.69) is 9.97 Å². The first-order valence-corrected chi connectivity index (χ1v) is 5.43. The molecule has 2 N–H and O–H groups in total. The molecule has 0 aliphatic rings. The molecule has 0 bridgehead atoms. The van der Waals surface area contributed by atoms with Gasteiger partial charge in [0.25, 0.3) is 0 Å². The van der Waals surface area contributed by atoms with E-state index in [4.69, 9.17) is 9.52 Å². The highest BCUT2D eigenvalue weighted by molar-refractivity contribution is 5.74. The molecule has 6 heteroatoms. The number of rotatable bonds is 1. The first kappa shape index (κ1) is 11.2. The lowest BCUT2D eigenvalue weighted by Gasteiger charge is -2.02. The average Bonchev–Trinajstić information content (AvgIpc) is 2.40. The molecule has 0 amide bonds. The van der Waals surface area contributed by atoms with E-state index >= 15 is 0 Å². The molecule has 0 unspecified atom stereocenters. The van der Waals surface area contributed by atoms with E-state index in [0.717, 1.165) is 0 Å². The zero-order valence-electron chi connectivity index (χ0n) is 9.57. The Morgan fingerprint density at radius 3 is 2.58 bits per heavy atom. The van der Waals surface area contributed by atoms with Gasteiger partial charge in [0.05, 0.1) is 6.20 Å². The molecule has 2 heterocycles. The SMILES string of the molecule is O=c1cc(-c2ccc(O)cc2)oc2cnc(O)nc12. The summed E-state index contributed by atoms with van der Waals surface area (Å²) in [5.41, 5.74) is 0.482. The largest absolute Gasteiger partial charge is 0.508 e. The van der Waals surface area contributed by atoms with Crippen molar-refractivity contribution in [1.82, 2.24) is 9.97 Å². The maximum absolute atomic E-state index is 11.9. The van der Waals surface area contributed by atoms with Crippen molar-refractivity contribution in [3.8, 4) is 23.1 Å². The third-order valence-electron chi connectivity index (χ3n) is 2.61. The van der Waals surface area contributed by atoms with Crippen molar-refractivity contribution in [3.63, 3.8) is 0 Å². The molecule has 2 aromatic heterocycles. The van der Waals surface area contributed by atoms with Crippen molar-refractivity contribution in [2.24, 2.45) is 0 Å². The maximum atomic E-state index is 11.9. The zero-order chi connectivity index (χ0) is 13.4. The van der Waals surface area contributed by atoms with Crippen LogP contribution in [0.2, 0.25) is 0 Å².